The number of nitrogens with zero attached hydrogens (tertiary/aromatic N) is 5. The number of para-hydroxylation sites is 1. The maximum absolute atomic E-state index is 14.0. The third kappa shape index (κ3) is 6.46. The lowest BCUT2D eigenvalue weighted by Gasteiger charge is -2.21. The van der Waals surface area contributed by atoms with Gasteiger partial charge in [0.2, 0.25) is 0 Å². The molecule has 0 aliphatic rings. The van der Waals surface area contributed by atoms with Crippen LogP contribution in [0.1, 0.15) is 54.1 Å². The highest BCUT2D eigenvalue weighted by molar-refractivity contribution is 5.78. The summed E-state index contributed by atoms with van der Waals surface area (Å²) in [4.78, 5) is 28.2. The van der Waals surface area contributed by atoms with Crippen LogP contribution in [0.3, 0.4) is 0 Å². The Morgan fingerprint density at radius 3 is 2.28 bits per heavy atom. The summed E-state index contributed by atoms with van der Waals surface area (Å²) in [7, 11) is 0. The van der Waals surface area contributed by atoms with Crippen LogP contribution in [0.5, 0.6) is 5.75 Å². The molecule has 0 saturated carbocycles. The summed E-state index contributed by atoms with van der Waals surface area (Å²) in [6.07, 6.45) is 3.04. The summed E-state index contributed by atoms with van der Waals surface area (Å²) in [6, 6.07) is 24.6. The van der Waals surface area contributed by atoms with Gasteiger partial charge in [0.25, 0.3) is 5.56 Å². The lowest BCUT2D eigenvalue weighted by molar-refractivity contribution is -0.137. The molecule has 7 nitrogen and oxygen atoms in total. The largest absolute Gasteiger partial charge is 0.494 e. The Morgan fingerprint density at radius 2 is 1.59 bits per heavy atom. The van der Waals surface area contributed by atoms with E-state index in [9.17, 15) is 18.0 Å². The Kier molecular flexibility index (Phi) is 8.52. The van der Waals surface area contributed by atoms with E-state index in [1.165, 1.54) is 12.1 Å². The minimum Gasteiger partial charge on any atom is -0.494 e. The zero-order valence-electron chi connectivity index (χ0n) is 25.1. The molecule has 6 rings (SSSR count). The molecule has 10 heteroatoms. The van der Waals surface area contributed by atoms with Crippen molar-refractivity contribution < 1.29 is 17.9 Å². The highest BCUT2D eigenvalue weighted by atomic mass is 19.4. The number of benzene rings is 3. The van der Waals surface area contributed by atoms with E-state index in [0.29, 0.717) is 51.9 Å². The van der Waals surface area contributed by atoms with E-state index in [-0.39, 0.29) is 12.0 Å². The van der Waals surface area contributed by atoms with Crippen molar-refractivity contribution in [2.75, 3.05) is 6.61 Å². The van der Waals surface area contributed by atoms with E-state index in [0.717, 1.165) is 17.8 Å². The monoisotopic (exact) mass is 621 g/mol. The zero-order chi connectivity index (χ0) is 32.3. The quantitative estimate of drug-likeness (QED) is 0.165. The minimum absolute atomic E-state index is 0.226. The predicted octanol–water partition coefficient (Wildman–Crippen LogP) is 7.77. The molecule has 1 unspecified atom stereocenters. The van der Waals surface area contributed by atoms with Crippen LogP contribution >= 0.6 is 0 Å². The molecule has 0 aliphatic carbocycles. The molecule has 0 radical (unpaired) electrons. The van der Waals surface area contributed by atoms with Gasteiger partial charge in [-0.2, -0.15) is 13.2 Å². The Hall–Kier alpha value is -5.51. The standard InChI is InChI=1S/C36H30F3N5O2/c1-3-46-30-19-17-29(18-20-30)44-34(42-32-10-5-4-9-31(32)35(44)45)24(2)43-23-28(16-15-27-8-6-7-21-40-27)41-33(43)22-25-11-13-26(14-12-25)36(37,38)39/h4-21,23-24H,3,22H2,1-2H3/b16-15+. The van der Waals surface area contributed by atoms with Crippen LogP contribution < -0.4 is 10.3 Å². The third-order valence-electron chi connectivity index (χ3n) is 7.58. The first-order valence-electron chi connectivity index (χ1n) is 14.8. The summed E-state index contributed by atoms with van der Waals surface area (Å²) >= 11 is 0. The molecule has 0 saturated heterocycles. The SMILES string of the molecule is CCOc1ccc(-n2c(C(C)n3cc(/C=C/c4ccccn4)nc3Cc3ccc(C(F)(F)F)cc3)nc3ccccc3c2=O)cc1. The third-order valence-corrected chi connectivity index (χ3v) is 7.58. The second-order valence-corrected chi connectivity index (χ2v) is 10.7. The molecule has 1 atom stereocenters. The highest BCUT2D eigenvalue weighted by Crippen LogP contribution is 2.30. The fourth-order valence-corrected chi connectivity index (χ4v) is 5.30. The second kappa shape index (κ2) is 12.8. The van der Waals surface area contributed by atoms with Crippen LogP contribution in [-0.4, -0.2) is 30.7 Å². The van der Waals surface area contributed by atoms with Gasteiger partial charge in [0.05, 0.1) is 46.2 Å². The van der Waals surface area contributed by atoms with E-state index in [4.69, 9.17) is 14.7 Å². The summed E-state index contributed by atoms with van der Waals surface area (Å²) in [5.41, 5.74) is 2.25. The van der Waals surface area contributed by atoms with E-state index in [2.05, 4.69) is 4.98 Å². The molecule has 0 spiro atoms. The van der Waals surface area contributed by atoms with Crippen molar-refractivity contribution in [2.45, 2.75) is 32.5 Å². The van der Waals surface area contributed by atoms with Gasteiger partial charge >= 0.3 is 6.18 Å². The first-order valence-corrected chi connectivity index (χ1v) is 14.8. The normalized spacial score (nSPS) is 12.5. The van der Waals surface area contributed by atoms with E-state index in [1.54, 1.807) is 29.0 Å². The van der Waals surface area contributed by atoms with Crippen LogP contribution in [0.4, 0.5) is 13.2 Å². The molecule has 0 amide bonds. The van der Waals surface area contributed by atoms with Gasteiger partial charge in [-0.25, -0.2) is 9.97 Å². The number of ether oxygens (including phenoxy) is 1. The zero-order valence-corrected chi connectivity index (χ0v) is 25.1. The van der Waals surface area contributed by atoms with Crippen molar-refractivity contribution in [1.29, 1.82) is 0 Å². The highest BCUT2D eigenvalue weighted by Gasteiger charge is 2.30. The van der Waals surface area contributed by atoms with Crippen molar-refractivity contribution in [3.63, 3.8) is 0 Å². The van der Waals surface area contributed by atoms with Crippen LogP contribution in [0.25, 0.3) is 28.7 Å². The van der Waals surface area contributed by atoms with Crippen molar-refractivity contribution in [3.8, 4) is 11.4 Å². The first-order chi connectivity index (χ1) is 22.2. The molecular formula is C36H30F3N5O2. The fourth-order valence-electron chi connectivity index (χ4n) is 5.30. The van der Waals surface area contributed by atoms with Crippen LogP contribution in [0, 0.1) is 0 Å². The van der Waals surface area contributed by atoms with E-state index < -0.39 is 17.8 Å². The van der Waals surface area contributed by atoms with Crippen molar-refractivity contribution in [2.24, 2.45) is 0 Å². The van der Waals surface area contributed by atoms with Crippen molar-refractivity contribution in [1.82, 2.24) is 24.1 Å². The van der Waals surface area contributed by atoms with Gasteiger partial charge in [-0.15, -0.1) is 0 Å². The number of hydrogen-bond acceptors (Lipinski definition) is 5. The van der Waals surface area contributed by atoms with Gasteiger partial charge in [0.15, 0.2) is 0 Å². The van der Waals surface area contributed by atoms with Crippen LogP contribution in [0.2, 0.25) is 0 Å². The average molecular weight is 622 g/mol. The number of pyridine rings is 1. The number of rotatable bonds is 9. The van der Waals surface area contributed by atoms with E-state index in [1.807, 2.05) is 85.3 Å². The summed E-state index contributed by atoms with van der Waals surface area (Å²) in [5.74, 6) is 1.74. The Balaban J connectivity index is 1.47. The summed E-state index contributed by atoms with van der Waals surface area (Å²) in [6.45, 7) is 4.34. The van der Waals surface area contributed by atoms with Gasteiger partial charge in [-0.3, -0.25) is 14.3 Å². The molecule has 0 bridgehead atoms. The first kappa shape index (κ1) is 30.5. The van der Waals surface area contributed by atoms with Crippen LogP contribution in [-0.2, 0) is 12.6 Å². The smallest absolute Gasteiger partial charge is 0.416 e. The molecule has 0 aliphatic heterocycles. The molecule has 6 aromatic rings. The van der Waals surface area contributed by atoms with Gasteiger partial charge in [0.1, 0.15) is 17.4 Å². The number of imidazole rings is 1. The molecule has 46 heavy (non-hydrogen) atoms. The van der Waals surface area contributed by atoms with Gasteiger partial charge in [0, 0.05) is 18.8 Å². The molecule has 0 N–H and O–H groups in total. The van der Waals surface area contributed by atoms with Gasteiger partial charge in [-0.1, -0.05) is 30.3 Å². The van der Waals surface area contributed by atoms with E-state index >= 15 is 0 Å². The average Bonchev–Trinajstić information content (AvgIpc) is 3.46. The molecule has 3 aromatic carbocycles. The van der Waals surface area contributed by atoms with Gasteiger partial charge in [-0.05, 0) is 92.2 Å². The predicted molar refractivity (Wildman–Crippen MR) is 172 cm³/mol. The van der Waals surface area contributed by atoms with Crippen LogP contribution in [0.15, 0.2) is 108 Å². The fraction of sp³-hybridized carbons (Fsp3) is 0.167. The number of alkyl halides is 3. The maximum atomic E-state index is 14.0. The molecule has 3 aromatic heterocycles. The minimum atomic E-state index is -4.43. The van der Waals surface area contributed by atoms with Gasteiger partial charge < -0.3 is 9.30 Å². The molecule has 232 valence electrons. The number of aromatic nitrogens is 5. The number of hydrogen-bond donors (Lipinski definition) is 0. The second-order valence-electron chi connectivity index (χ2n) is 10.7. The Labute approximate surface area is 263 Å². The molecule has 3 heterocycles. The van der Waals surface area contributed by atoms with Crippen molar-refractivity contribution >= 4 is 23.1 Å². The summed E-state index contributed by atoms with van der Waals surface area (Å²) in [5, 5.41) is 0.474. The van der Waals surface area contributed by atoms with Crippen molar-refractivity contribution in [3.05, 3.63) is 148 Å². The number of halogens is 3. The lowest BCUT2D eigenvalue weighted by atomic mass is 10.1. The Morgan fingerprint density at radius 1 is 0.870 bits per heavy atom. The maximum Gasteiger partial charge on any atom is 0.416 e. The lowest BCUT2D eigenvalue weighted by Crippen LogP contribution is -2.27. The molecule has 0 fully saturated rings. The summed E-state index contributed by atoms with van der Waals surface area (Å²) < 4.78 is 48.8. The number of fused-ring (bicyclic) bond motifs is 1. The molecular weight excluding hydrogens is 591 g/mol. The topological polar surface area (TPSA) is 74.8 Å². The Bertz CT molecular complexity index is 2050.